The van der Waals surface area contributed by atoms with Crippen molar-refractivity contribution in [3.8, 4) is 0 Å². The lowest BCUT2D eigenvalue weighted by molar-refractivity contribution is -0.124. The van der Waals surface area contributed by atoms with Crippen molar-refractivity contribution in [3.63, 3.8) is 0 Å². The Balaban J connectivity index is 1.74. The number of nitrogens with zero attached hydrogens (tertiary/aromatic N) is 1. The molecule has 1 aromatic rings. The number of rotatable bonds is 6. The second kappa shape index (κ2) is 7.68. The highest BCUT2D eigenvalue weighted by Crippen LogP contribution is 2.17. The molecule has 0 aromatic heterocycles. The standard InChI is InChI=1S/C17H24F2N2O/c1-12(2)10-21-6-4-14(11-21)17(22)20-5-3-13-7-15(18)9-16(19)8-13/h7-9,12,14H,3-6,10-11H2,1-2H3,(H,20,22)/t14-/m1/s1. The summed E-state index contributed by atoms with van der Waals surface area (Å²) in [7, 11) is 0. The summed E-state index contributed by atoms with van der Waals surface area (Å²) in [6.45, 7) is 7.54. The number of likely N-dealkylation sites (tertiary alicyclic amines) is 1. The highest BCUT2D eigenvalue weighted by Gasteiger charge is 2.28. The van der Waals surface area contributed by atoms with Crippen molar-refractivity contribution in [2.45, 2.75) is 26.7 Å². The van der Waals surface area contributed by atoms with Crippen LogP contribution >= 0.6 is 0 Å². The van der Waals surface area contributed by atoms with Crippen LogP contribution in [-0.4, -0.2) is 37.0 Å². The Hall–Kier alpha value is -1.49. The number of nitrogens with one attached hydrogen (secondary N) is 1. The number of carbonyl (C=O) groups excluding carboxylic acids is 1. The summed E-state index contributed by atoms with van der Waals surface area (Å²) in [5.74, 6) is -0.487. The maximum Gasteiger partial charge on any atom is 0.224 e. The van der Waals surface area contributed by atoms with E-state index in [1.807, 2.05) is 0 Å². The van der Waals surface area contributed by atoms with E-state index >= 15 is 0 Å². The predicted octanol–water partition coefficient (Wildman–Crippen LogP) is 2.60. The van der Waals surface area contributed by atoms with Gasteiger partial charge >= 0.3 is 0 Å². The normalized spacial score (nSPS) is 18.9. The molecule has 5 heteroatoms. The summed E-state index contributed by atoms with van der Waals surface area (Å²) >= 11 is 0. The molecular weight excluding hydrogens is 286 g/mol. The van der Waals surface area contributed by atoms with Crippen molar-refractivity contribution in [1.82, 2.24) is 10.2 Å². The van der Waals surface area contributed by atoms with Crippen molar-refractivity contribution in [1.29, 1.82) is 0 Å². The molecule has 0 spiro atoms. The lowest BCUT2D eigenvalue weighted by Gasteiger charge is -2.18. The number of amides is 1. The summed E-state index contributed by atoms with van der Waals surface area (Å²) < 4.78 is 26.1. The van der Waals surface area contributed by atoms with E-state index in [1.54, 1.807) is 0 Å². The zero-order chi connectivity index (χ0) is 16.1. The fraction of sp³-hybridized carbons (Fsp3) is 0.588. The lowest BCUT2D eigenvalue weighted by atomic mass is 10.1. The number of hydrogen-bond acceptors (Lipinski definition) is 2. The van der Waals surface area contributed by atoms with Gasteiger partial charge in [0.15, 0.2) is 0 Å². The van der Waals surface area contributed by atoms with Crippen LogP contribution in [0.1, 0.15) is 25.8 Å². The average molecular weight is 310 g/mol. The number of benzene rings is 1. The van der Waals surface area contributed by atoms with E-state index in [2.05, 4.69) is 24.1 Å². The van der Waals surface area contributed by atoms with Crippen molar-refractivity contribution in [3.05, 3.63) is 35.4 Å². The van der Waals surface area contributed by atoms with Crippen molar-refractivity contribution >= 4 is 5.91 Å². The molecule has 22 heavy (non-hydrogen) atoms. The van der Waals surface area contributed by atoms with Gasteiger partial charge in [0.25, 0.3) is 0 Å². The molecule has 1 aliphatic rings. The molecule has 0 unspecified atom stereocenters. The molecule has 3 nitrogen and oxygen atoms in total. The first-order chi connectivity index (χ1) is 10.4. The minimum Gasteiger partial charge on any atom is -0.355 e. The Morgan fingerprint density at radius 3 is 2.64 bits per heavy atom. The van der Waals surface area contributed by atoms with E-state index in [-0.39, 0.29) is 11.8 Å². The van der Waals surface area contributed by atoms with Crippen LogP contribution in [0, 0.1) is 23.5 Å². The van der Waals surface area contributed by atoms with Gasteiger partial charge in [-0.1, -0.05) is 13.8 Å². The Morgan fingerprint density at radius 1 is 1.32 bits per heavy atom. The summed E-state index contributed by atoms with van der Waals surface area (Å²) in [6, 6.07) is 3.45. The molecule has 1 atom stereocenters. The molecule has 1 saturated heterocycles. The Kier molecular flexibility index (Phi) is 5.89. The van der Waals surface area contributed by atoms with Crippen LogP contribution < -0.4 is 5.32 Å². The number of carbonyl (C=O) groups is 1. The molecule has 1 N–H and O–H groups in total. The monoisotopic (exact) mass is 310 g/mol. The molecule has 1 amide bonds. The molecular formula is C17H24F2N2O. The smallest absolute Gasteiger partial charge is 0.224 e. The third-order valence-electron chi connectivity index (χ3n) is 3.90. The van der Waals surface area contributed by atoms with E-state index in [0.29, 0.717) is 24.4 Å². The first-order valence-electron chi connectivity index (χ1n) is 7.89. The fourth-order valence-electron chi connectivity index (χ4n) is 2.96. The van der Waals surface area contributed by atoms with Gasteiger partial charge < -0.3 is 10.2 Å². The molecule has 0 bridgehead atoms. The second-order valence-electron chi connectivity index (χ2n) is 6.46. The van der Waals surface area contributed by atoms with E-state index in [0.717, 1.165) is 32.1 Å². The first-order valence-corrected chi connectivity index (χ1v) is 7.89. The fourth-order valence-corrected chi connectivity index (χ4v) is 2.96. The zero-order valence-corrected chi connectivity index (χ0v) is 13.2. The maximum absolute atomic E-state index is 13.1. The van der Waals surface area contributed by atoms with Gasteiger partial charge in [-0.2, -0.15) is 0 Å². The minimum absolute atomic E-state index is 0.0306. The third-order valence-corrected chi connectivity index (χ3v) is 3.90. The van der Waals surface area contributed by atoms with E-state index < -0.39 is 11.6 Å². The topological polar surface area (TPSA) is 32.3 Å². The molecule has 1 heterocycles. The van der Waals surface area contributed by atoms with Gasteiger partial charge in [0.1, 0.15) is 11.6 Å². The van der Waals surface area contributed by atoms with Crippen LogP contribution in [0.25, 0.3) is 0 Å². The molecule has 1 aromatic carbocycles. The molecule has 0 saturated carbocycles. The summed E-state index contributed by atoms with van der Waals surface area (Å²) in [6.07, 6.45) is 1.32. The summed E-state index contributed by atoms with van der Waals surface area (Å²) in [5, 5.41) is 2.88. The van der Waals surface area contributed by atoms with Crippen LogP contribution in [0.5, 0.6) is 0 Å². The van der Waals surface area contributed by atoms with E-state index in [9.17, 15) is 13.6 Å². The van der Waals surface area contributed by atoms with Crippen LogP contribution in [0.2, 0.25) is 0 Å². The minimum atomic E-state index is -0.582. The highest BCUT2D eigenvalue weighted by molar-refractivity contribution is 5.79. The average Bonchev–Trinajstić information content (AvgIpc) is 2.85. The largest absolute Gasteiger partial charge is 0.355 e. The van der Waals surface area contributed by atoms with E-state index in [1.165, 1.54) is 12.1 Å². The molecule has 0 radical (unpaired) electrons. The second-order valence-corrected chi connectivity index (χ2v) is 6.46. The van der Waals surface area contributed by atoms with Crippen LogP contribution in [0.4, 0.5) is 8.78 Å². The van der Waals surface area contributed by atoms with Crippen LogP contribution in [0.3, 0.4) is 0 Å². The molecule has 122 valence electrons. The first kappa shape index (κ1) is 16.9. The third kappa shape index (κ3) is 5.05. The van der Waals surface area contributed by atoms with Gasteiger partial charge in [-0.05, 0) is 43.0 Å². The van der Waals surface area contributed by atoms with E-state index in [4.69, 9.17) is 0 Å². The summed E-state index contributed by atoms with van der Waals surface area (Å²) in [4.78, 5) is 14.4. The van der Waals surface area contributed by atoms with Crippen LogP contribution in [-0.2, 0) is 11.2 Å². The Morgan fingerprint density at radius 2 is 2.00 bits per heavy atom. The maximum atomic E-state index is 13.1. The Labute approximate surface area is 130 Å². The van der Waals surface area contributed by atoms with Crippen molar-refractivity contribution in [2.75, 3.05) is 26.2 Å². The van der Waals surface area contributed by atoms with Gasteiger partial charge in [0, 0.05) is 25.7 Å². The lowest BCUT2D eigenvalue weighted by Crippen LogP contribution is -2.34. The predicted molar refractivity (Wildman–Crippen MR) is 82.5 cm³/mol. The highest BCUT2D eigenvalue weighted by atomic mass is 19.1. The van der Waals surface area contributed by atoms with Gasteiger partial charge in [-0.25, -0.2) is 8.78 Å². The van der Waals surface area contributed by atoms with Gasteiger partial charge in [0.05, 0.1) is 5.92 Å². The SMILES string of the molecule is CC(C)CN1CC[C@@H](C(=O)NCCc2cc(F)cc(F)c2)C1. The zero-order valence-electron chi connectivity index (χ0n) is 13.2. The Bertz CT molecular complexity index is 499. The number of hydrogen-bond donors (Lipinski definition) is 1. The van der Waals surface area contributed by atoms with Crippen LogP contribution in [0.15, 0.2) is 18.2 Å². The van der Waals surface area contributed by atoms with Gasteiger partial charge in [-0.15, -0.1) is 0 Å². The van der Waals surface area contributed by atoms with Gasteiger partial charge in [0.2, 0.25) is 5.91 Å². The number of halogens is 2. The van der Waals surface area contributed by atoms with Gasteiger partial charge in [-0.3, -0.25) is 4.79 Å². The quantitative estimate of drug-likeness (QED) is 0.876. The molecule has 1 aliphatic heterocycles. The molecule has 2 rings (SSSR count). The van der Waals surface area contributed by atoms with Crippen molar-refractivity contribution in [2.24, 2.45) is 11.8 Å². The van der Waals surface area contributed by atoms with Crippen molar-refractivity contribution < 1.29 is 13.6 Å². The molecule has 0 aliphatic carbocycles. The molecule has 1 fully saturated rings. The summed E-state index contributed by atoms with van der Waals surface area (Å²) in [5.41, 5.74) is 0.561.